The zero-order chi connectivity index (χ0) is 37.4. The number of nitrogens with zero attached hydrogens (tertiary/aromatic N) is 5. The van der Waals surface area contributed by atoms with E-state index in [1.165, 1.54) is 60.6 Å². The number of aromatic nitrogens is 5. The fraction of sp³-hybridized carbons (Fsp3) is 0.405. The summed E-state index contributed by atoms with van der Waals surface area (Å²) < 4.78 is 27.4. The zero-order valence-electron chi connectivity index (χ0n) is 29.9. The van der Waals surface area contributed by atoms with Crippen molar-refractivity contribution in [2.45, 2.75) is 51.7 Å². The van der Waals surface area contributed by atoms with E-state index in [4.69, 9.17) is 18.9 Å². The molecular weight excluding hydrogens is 674 g/mol. The number of carbonyl (C=O) groups excluding carboxylic acids is 2. The number of allylic oxidation sites excluding steroid dienone is 4. The maximum atomic E-state index is 14.3. The van der Waals surface area contributed by atoms with Crippen LogP contribution in [0, 0.1) is 11.3 Å². The number of fused-ring (bicyclic) bond motifs is 5. The number of aromatic hydroxyl groups is 1. The third kappa shape index (κ3) is 4.85. The molecule has 2 aromatic carbocycles. The molecule has 0 saturated heterocycles. The van der Waals surface area contributed by atoms with E-state index in [1.54, 1.807) is 33.0 Å². The SMILES string of the molecule is COc1cc2nc(CCn3c(=O)n4n(c3=O)[C@@H]3C[C@H]5C(=O)C(C)=CC(=O)[C@@]5(C)[C@@H](c5c(OC)cc(O)cc5OC)C3=CC4)c(=O)n(C)c2cc1OC. The van der Waals surface area contributed by atoms with Crippen LogP contribution in [0.4, 0.5) is 0 Å². The van der Waals surface area contributed by atoms with Gasteiger partial charge < -0.3 is 28.6 Å². The van der Waals surface area contributed by atoms with Gasteiger partial charge in [-0.1, -0.05) is 13.0 Å². The molecule has 15 nitrogen and oxygen atoms in total. The number of ether oxygens (including phenoxy) is 4. The van der Waals surface area contributed by atoms with E-state index in [9.17, 15) is 29.1 Å². The van der Waals surface area contributed by atoms with E-state index in [0.717, 1.165) is 4.57 Å². The minimum atomic E-state index is -1.31. The molecule has 3 heterocycles. The first-order valence-corrected chi connectivity index (χ1v) is 16.8. The molecule has 1 saturated carbocycles. The number of benzene rings is 2. The number of phenols is 1. The van der Waals surface area contributed by atoms with E-state index in [-0.39, 0.29) is 60.4 Å². The van der Waals surface area contributed by atoms with E-state index in [1.807, 2.05) is 6.08 Å². The number of hydrogen-bond acceptors (Lipinski definition) is 11. The number of aryl methyl sites for hydroxylation is 2. The Balaban J connectivity index is 1.34. The topological polar surface area (TPSA) is 175 Å². The third-order valence-electron chi connectivity index (χ3n) is 11.1. The second kappa shape index (κ2) is 12.4. The second-order valence-corrected chi connectivity index (χ2v) is 13.6. The number of ketones is 2. The average molecular weight is 714 g/mol. The monoisotopic (exact) mass is 713 g/mol. The number of rotatable bonds is 8. The molecule has 0 radical (unpaired) electrons. The molecule has 0 spiro atoms. The van der Waals surface area contributed by atoms with Gasteiger partial charge in [-0.05, 0) is 30.6 Å². The summed E-state index contributed by atoms with van der Waals surface area (Å²) in [5.74, 6) is -0.969. The lowest BCUT2D eigenvalue weighted by Crippen LogP contribution is -2.54. The van der Waals surface area contributed by atoms with Gasteiger partial charge in [0, 0.05) is 61.7 Å². The molecule has 0 unspecified atom stereocenters. The largest absolute Gasteiger partial charge is 0.508 e. The second-order valence-electron chi connectivity index (χ2n) is 13.6. The van der Waals surface area contributed by atoms with E-state index < -0.39 is 40.2 Å². The highest BCUT2D eigenvalue weighted by atomic mass is 16.5. The summed E-state index contributed by atoms with van der Waals surface area (Å²) in [6.45, 7) is 3.20. The third-order valence-corrected chi connectivity index (χ3v) is 11.1. The lowest BCUT2D eigenvalue weighted by molar-refractivity contribution is -0.139. The summed E-state index contributed by atoms with van der Waals surface area (Å²) in [5.41, 5.74) is -0.388. The maximum Gasteiger partial charge on any atom is 0.347 e. The maximum absolute atomic E-state index is 14.3. The molecule has 2 aliphatic carbocycles. The van der Waals surface area contributed by atoms with Crippen LogP contribution >= 0.6 is 0 Å². The van der Waals surface area contributed by atoms with Gasteiger partial charge in [0.25, 0.3) is 5.56 Å². The molecule has 7 rings (SSSR count). The Kier molecular flexibility index (Phi) is 8.26. The van der Waals surface area contributed by atoms with E-state index in [0.29, 0.717) is 39.2 Å². The highest BCUT2D eigenvalue weighted by Gasteiger charge is 2.60. The van der Waals surface area contributed by atoms with Crippen molar-refractivity contribution in [2.24, 2.45) is 18.4 Å². The average Bonchev–Trinajstić information content (AvgIpc) is 3.38. The number of methoxy groups -OCH3 is 4. The summed E-state index contributed by atoms with van der Waals surface area (Å²) in [6.07, 6.45) is 3.24. The van der Waals surface area contributed by atoms with Gasteiger partial charge >= 0.3 is 11.4 Å². The van der Waals surface area contributed by atoms with E-state index in [2.05, 4.69) is 4.98 Å². The van der Waals surface area contributed by atoms with Crippen molar-refractivity contribution in [3.05, 3.63) is 90.1 Å². The van der Waals surface area contributed by atoms with Gasteiger partial charge in [-0.3, -0.25) is 14.4 Å². The molecule has 1 aliphatic heterocycles. The first-order valence-electron chi connectivity index (χ1n) is 16.8. The van der Waals surface area contributed by atoms with Gasteiger partial charge in [-0.25, -0.2) is 28.5 Å². The van der Waals surface area contributed by atoms with Gasteiger partial charge in [0.15, 0.2) is 23.1 Å². The Bertz CT molecular complexity index is 2420. The van der Waals surface area contributed by atoms with Crippen LogP contribution in [-0.4, -0.2) is 68.6 Å². The highest BCUT2D eigenvalue weighted by molar-refractivity contribution is 6.13. The number of hydrogen-bond donors (Lipinski definition) is 1. The summed E-state index contributed by atoms with van der Waals surface area (Å²) in [7, 11) is 7.45. The minimum Gasteiger partial charge on any atom is -0.508 e. The van der Waals surface area contributed by atoms with E-state index >= 15 is 0 Å². The van der Waals surface area contributed by atoms with Crippen LogP contribution in [0.5, 0.6) is 28.7 Å². The highest BCUT2D eigenvalue weighted by Crippen LogP contribution is 2.62. The Morgan fingerprint density at radius 2 is 1.54 bits per heavy atom. The summed E-state index contributed by atoms with van der Waals surface area (Å²) >= 11 is 0. The van der Waals surface area contributed by atoms with Gasteiger partial charge in [-0.2, -0.15) is 0 Å². The molecule has 1 fully saturated rings. The number of phenolic OH excluding ortho intramolecular Hbond substituents is 1. The molecule has 2 aromatic heterocycles. The van der Waals surface area contributed by atoms with Crippen LogP contribution in [0.2, 0.25) is 0 Å². The summed E-state index contributed by atoms with van der Waals surface area (Å²) in [4.78, 5) is 74.2. The number of carbonyl (C=O) groups is 2. The van der Waals surface area contributed by atoms with Crippen LogP contribution in [0.3, 0.4) is 0 Å². The molecule has 52 heavy (non-hydrogen) atoms. The Morgan fingerprint density at radius 1 is 0.904 bits per heavy atom. The molecule has 272 valence electrons. The van der Waals surface area contributed by atoms with Gasteiger partial charge in [-0.15, -0.1) is 0 Å². The quantitative estimate of drug-likeness (QED) is 0.266. The molecular formula is C37H39N5O10. The Labute approximate surface area is 296 Å². The van der Waals surface area contributed by atoms with Crippen LogP contribution in [0.15, 0.2) is 61.9 Å². The zero-order valence-corrected chi connectivity index (χ0v) is 29.9. The smallest absolute Gasteiger partial charge is 0.347 e. The van der Waals surface area contributed by atoms with Crippen molar-refractivity contribution >= 4 is 22.6 Å². The van der Waals surface area contributed by atoms with Crippen LogP contribution in [0.25, 0.3) is 11.0 Å². The first kappa shape index (κ1) is 34.6. The molecule has 3 aliphatic rings. The van der Waals surface area contributed by atoms with Crippen LogP contribution in [-0.2, 0) is 36.1 Å². The standard InChI is InChI=1S/C37H39N5O10/c1-18-12-30(44)37(2)21(33(18)45)15-24-20(32(37)31-28(51-6)13-19(43)14-29(31)52-7)8-11-41-35(47)40(36(48)42(24)41)10-9-22-34(46)39(3)25-17-27(50-5)26(49-4)16-23(25)38-22/h8,12-14,16-17,21,24,32,43H,9-11,15H2,1-7H3/t21-,24+,32+,37-/m0/s1. The molecule has 4 aromatic rings. The normalized spacial score (nSPS) is 22.2. The Morgan fingerprint density at radius 3 is 2.17 bits per heavy atom. The number of Topliss-reactive ketones (excluding diaryl/α,β-unsaturated/α-hetero) is 1. The van der Waals surface area contributed by atoms with Crippen LogP contribution in [0.1, 0.15) is 43.5 Å². The van der Waals surface area contributed by atoms with Gasteiger partial charge in [0.2, 0.25) is 0 Å². The van der Waals surface area contributed by atoms with Crippen molar-refractivity contribution in [3.8, 4) is 28.7 Å². The molecule has 0 bridgehead atoms. The molecule has 1 N–H and O–H groups in total. The van der Waals surface area contributed by atoms with Gasteiger partial charge in [0.1, 0.15) is 22.9 Å². The van der Waals surface area contributed by atoms with Crippen molar-refractivity contribution in [1.29, 1.82) is 0 Å². The summed E-state index contributed by atoms with van der Waals surface area (Å²) in [5, 5.41) is 10.5. The molecule has 0 amide bonds. The first-order chi connectivity index (χ1) is 24.8. The van der Waals surface area contributed by atoms with Crippen molar-refractivity contribution in [2.75, 3.05) is 28.4 Å². The Hall–Kier alpha value is -5.86. The summed E-state index contributed by atoms with van der Waals surface area (Å²) in [6, 6.07) is 5.34. The lowest BCUT2D eigenvalue weighted by Gasteiger charge is -2.52. The van der Waals surface area contributed by atoms with Crippen LogP contribution < -0.4 is 35.9 Å². The fourth-order valence-corrected chi connectivity index (χ4v) is 8.39. The molecule has 4 atom stereocenters. The van der Waals surface area contributed by atoms with Gasteiger partial charge in [0.05, 0.1) is 57.5 Å². The predicted octanol–water partition coefficient (Wildman–Crippen LogP) is 2.43. The fourth-order valence-electron chi connectivity index (χ4n) is 8.39. The predicted molar refractivity (Wildman–Crippen MR) is 188 cm³/mol. The molecule has 15 heteroatoms. The van der Waals surface area contributed by atoms with Crippen molar-refractivity contribution in [1.82, 2.24) is 23.5 Å². The lowest BCUT2D eigenvalue weighted by atomic mass is 9.51. The van der Waals surface area contributed by atoms with Crippen molar-refractivity contribution in [3.63, 3.8) is 0 Å². The van der Waals surface area contributed by atoms with Crippen molar-refractivity contribution < 1.29 is 33.6 Å². The minimum absolute atomic E-state index is 0.00148.